The Morgan fingerprint density at radius 2 is 1.92 bits per heavy atom. The summed E-state index contributed by atoms with van der Waals surface area (Å²) in [5.74, 6) is -1.78. The highest BCUT2D eigenvalue weighted by Crippen LogP contribution is 2.27. The van der Waals surface area contributed by atoms with E-state index in [4.69, 9.17) is 11.6 Å². The summed E-state index contributed by atoms with van der Waals surface area (Å²) in [6.07, 6.45) is 0. The van der Waals surface area contributed by atoms with E-state index in [2.05, 4.69) is 0 Å². The van der Waals surface area contributed by atoms with Gasteiger partial charge in [-0.15, -0.1) is 11.3 Å². The quantitative estimate of drug-likeness (QED) is 0.441. The SMILES string of the molecule is CN(Cc1ccc(Cl)s1)C(=O)CN1C(=O)c2ccc([N+](=O)[O-])cc2C1=O. The van der Waals surface area contributed by atoms with Crippen LogP contribution in [0.1, 0.15) is 25.6 Å². The third-order valence-corrected chi connectivity index (χ3v) is 5.12. The minimum absolute atomic E-state index is 0.0566. The molecule has 10 heteroatoms. The van der Waals surface area contributed by atoms with Crippen molar-refractivity contribution in [2.24, 2.45) is 0 Å². The normalized spacial score (nSPS) is 13.1. The fourth-order valence-electron chi connectivity index (χ4n) is 2.55. The molecule has 1 aliphatic heterocycles. The van der Waals surface area contributed by atoms with Crippen molar-refractivity contribution in [3.63, 3.8) is 0 Å². The maximum atomic E-state index is 12.4. The Bertz CT molecular complexity index is 942. The van der Waals surface area contributed by atoms with Crippen molar-refractivity contribution in [3.05, 3.63) is 60.8 Å². The van der Waals surface area contributed by atoms with Crippen LogP contribution in [0.25, 0.3) is 0 Å². The van der Waals surface area contributed by atoms with Gasteiger partial charge in [0.1, 0.15) is 6.54 Å². The van der Waals surface area contributed by atoms with Crippen LogP contribution in [-0.2, 0) is 11.3 Å². The molecule has 0 fully saturated rings. The summed E-state index contributed by atoms with van der Waals surface area (Å²) in [6, 6.07) is 6.95. The lowest BCUT2D eigenvalue weighted by Crippen LogP contribution is -2.40. The maximum absolute atomic E-state index is 12.4. The molecule has 2 aromatic rings. The lowest BCUT2D eigenvalue weighted by atomic mass is 10.1. The molecule has 8 nitrogen and oxygen atoms in total. The number of likely N-dealkylation sites (N-methyl/N-ethyl adjacent to an activating group) is 1. The number of fused-ring (bicyclic) bond motifs is 1. The third kappa shape index (κ3) is 3.31. The smallest absolute Gasteiger partial charge is 0.270 e. The molecule has 0 bridgehead atoms. The number of nitro groups is 1. The molecule has 26 heavy (non-hydrogen) atoms. The van der Waals surface area contributed by atoms with Crippen LogP contribution >= 0.6 is 22.9 Å². The number of nitrogens with zero attached hydrogens (tertiary/aromatic N) is 3. The van der Waals surface area contributed by atoms with Crippen molar-refractivity contribution >= 4 is 46.3 Å². The Balaban J connectivity index is 1.73. The monoisotopic (exact) mass is 393 g/mol. The second kappa shape index (κ2) is 6.85. The predicted octanol–water partition coefficient (Wildman–Crippen LogP) is 2.56. The summed E-state index contributed by atoms with van der Waals surface area (Å²) in [5, 5.41) is 10.8. The Morgan fingerprint density at radius 1 is 1.23 bits per heavy atom. The molecule has 2 heterocycles. The number of carbonyl (C=O) groups is 3. The second-order valence-corrected chi connectivity index (χ2v) is 7.44. The molecule has 0 spiro atoms. The van der Waals surface area contributed by atoms with Crippen molar-refractivity contribution in [3.8, 4) is 0 Å². The summed E-state index contributed by atoms with van der Waals surface area (Å²) in [5.41, 5.74) is -0.296. The Hall–Kier alpha value is -2.78. The molecule has 1 aromatic heterocycles. The molecule has 1 aromatic carbocycles. The third-order valence-electron chi connectivity index (χ3n) is 3.91. The fraction of sp³-hybridized carbons (Fsp3) is 0.188. The number of benzene rings is 1. The van der Waals surface area contributed by atoms with Gasteiger partial charge in [-0.3, -0.25) is 29.4 Å². The number of hydrogen-bond acceptors (Lipinski definition) is 6. The second-order valence-electron chi connectivity index (χ2n) is 5.64. The van der Waals surface area contributed by atoms with Crippen LogP contribution in [0.4, 0.5) is 5.69 Å². The number of nitro benzene ring substituents is 1. The first-order valence-corrected chi connectivity index (χ1v) is 8.60. The van der Waals surface area contributed by atoms with Gasteiger partial charge in [-0.2, -0.15) is 0 Å². The van der Waals surface area contributed by atoms with Crippen molar-refractivity contribution in [1.82, 2.24) is 9.80 Å². The van der Waals surface area contributed by atoms with Crippen LogP contribution in [0, 0.1) is 10.1 Å². The average Bonchev–Trinajstić information content (AvgIpc) is 3.11. The van der Waals surface area contributed by atoms with Crippen LogP contribution in [0.3, 0.4) is 0 Å². The number of amides is 3. The first-order valence-electron chi connectivity index (χ1n) is 7.40. The summed E-state index contributed by atoms with van der Waals surface area (Å²) in [7, 11) is 1.55. The summed E-state index contributed by atoms with van der Waals surface area (Å²) in [6.45, 7) is -0.138. The van der Waals surface area contributed by atoms with Crippen molar-refractivity contribution in [2.45, 2.75) is 6.54 Å². The lowest BCUT2D eigenvalue weighted by molar-refractivity contribution is -0.384. The Kier molecular flexibility index (Phi) is 4.75. The molecule has 3 rings (SSSR count). The number of halogens is 1. The highest BCUT2D eigenvalue weighted by Gasteiger charge is 2.38. The van der Waals surface area contributed by atoms with E-state index in [0.717, 1.165) is 21.9 Å². The predicted molar refractivity (Wildman–Crippen MR) is 94.3 cm³/mol. The minimum Gasteiger partial charge on any atom is -0.339 e. The highest BCUT2D eigenvalue weighted by atomic mass is 35.5. The molecule has 1 aliphatic rings. The average molecular weight is 394 g/mol. The van der Waals surface area contributed by atoms with Gasteiger partial charge in [-0.25, -0.2) is 0 Å². The van der Waals surface area contributed by atoms with Crippen LogP contribution in [-0.4, -0.2) is 46.0 Å². The van der Waals surface area contributed by atoms with Gasteiger partial charge in [-0.1, -0.05) is 11.6 Å². The number of rotatable bonds is 5. The Morgan fingerprint density at radius 3 is 2.54 bits per heavy atom. The van der Waals surface area contributed by atoms with Crippen LogP contribution in [0.15, 0.2) is 30.3 Å². The van der Waals surface area contributed by atoms with Gasteiger partial charge in [0.2, 0.25) is 5.91 Å². The molecule has 0 saturated heterocycles. The molecule has 0 N–H and O–H groups in total. The zero-order valence-corrected chi connectivity index (χ0v) is 15.0. The summed E-state index contributed by atoms with van der Waals surface area (Å²) >= 11 is 7.19. The number of thiophene rings is 1. The molecule has 0 unspecified atom stereocenters. The molecular formula is C16H12ClN3O5S. The molecular weight excluding hydrogens is 382 g/mol. The van der Waals surface area contributed by atoms with E-state index in [1.54, 1.807) is 19.2 Å². The number of imide groups is 1. The molecule has 0 atom stereocenters. The van der Waals surface area contributed by atoms with Gasteiger partial charge >= 0.3 is 0 Å². The van der Waals surface area contributed by atoms with E-state index in [1.165, 1.54) is 22.3 Å². The first-order chi connectivity index (χ1) is 12.3. The van der Waals surface area contributed by atoms with E-state index in [1.807, 2.05) is 0 Å². The molecule has 134 valence electrons. The van der Waals surface area contributed by atoms with Crippen molar-refractivity contribution in [2.75, 3.05) is 13.6 Å². The highest BCUT2D eigenvalue weighted by molar-refractivity contribution is 7.16. The fourth-order valence-corrected chi connectivity index (χ4v) is 3.69. The van der Waals surface area contributed by atoms with Gasteiger partial charge in [0.05, 0.1) is 26.9 Å². The zero-order valence-electron chi connectivity index (χ0n) is 13.5. The van der Waals surface area contributed by atoms with Gasteiger partial charge < -0.3 is 4.90 Å². The number of carbonyl (C=O) groups excluding carboxylic acids is 3. The topological polar surface area (TPSA) is 101 Å². The van der Waals surface area contributed by atoms with E-state index in [-0.39, 0.29) is 16.8 Å². The van der Waals surface area contributed by atoms with Crippen LogP contribution in [0.5, 0.6) is 0 Å². The van der Waals surface area contributed by atoms with Gasteiger partial charge in [0.25, 0.3) is 17.5 Å². The molecule has 0 aliphatic carbocycles. The van der Waals surface area contributed by atoms with E-state index in [9.17, 15) is 24.5 Å². The summed E-state index contributed by atoms with van der Waals surface area (Å²) in [4.78, 5) is 50.4. The Labute approximate surface area is 156 Å². The maximum Gasteiger partial charge on any atom is 0.270 e. The zero-order chi connectivity index (χ0) is 19.0. The minimum atomic E-state index is -0.713. The van der Waals surface area contributed by atoms with E-state index in [0.29, 0.717) is 10.9 Å². The van der Waals surface area contributed by atoms with Gasteiger partial charge in [0, 0.05) is 24.1 Å². The largest absolute Gasteiger partial charge is 0.339 e. The van der Waals surface area contributed by atoms with E-state index >= 15 is 0 Å². The molecule has 3 amide bonds. The molecule has 0 radical (unpaired) electrons. The first kappa shape index (κ1) is 18.0. The van der Waals surface area contributed by atoms with Crippen molar-refractivity contribution in [1.29, 1.82) is 0 Å². The van der Waals surface area contributed by atoms with Crippen LogP contribution in [0.2, 0.25) is 4.34 Å². The van der Waals surface area contributed by atoms with E-state index < -0.39 is 29.2 Å². The lowest BCUT2D eigenvalue weighted by Gasteiger charge is -2.20. The standard InChI is InChI=1S/C16H12ClN3O5S/c1-18(7-10-3-5-13(17)26-10)14(21)8-19-15(22)11-4-2-9(20(24)25)6-12(11)16(19)23/h2-6H,7-8H2,1H3. The summed E-state index contributed by atoms with van der Waals surface area (Å²) < 4.78 is 0.600. The molecule has 0 saturated carbocycles. The van der Waals surface area contributed by atoms with Gasteiger partial charge in [0.15, 0.2) is 0 Å². The van der Waals surface area contributed by atoms with Crippen LogP contribution < -0.4 is 0 Å². The number of hydrogen-bond donors (Lipinski definition) is 0. The number of non-ortho nitro benzene ring substituents is 1. The van der Waals surface area contributed by atoms with Crippen molar-refractivity contribution < 1.29 is 19.3 Å². The van der Waals surface area contributed by atoms with Gasteiger partial charge in [-0.05, 0) is 18.2 Å².